The van der Waals surface area contributed by atoms with Gasteiger partial charge in [-0.25, -0.2) is 4.99 Å². The number of aryl methyl sites for hydroxylation is 1. The molecule has 0 saturated carbocycles. The first-order valence-electron chi connectivity index (χ1n) is 7.09. The van der Waals surface area contributed by atoms with Crippen LogP contribution in [0.3, 0.4) is 0 Å². The highest BCUT2D eigenvalue weighted by Crippen LogP contribution is 2.32. The van der Waals surface area contributed by atoms with Crippen LogP contribution in [-0.4, -0.2) is 24.3 Å². The summed E-state index contributed by atoms with van der Waals surface area (Å²) < 4.78 is 16.3. The van der Waals surface area contributed by atoms with Crippen molar-refractivity contribution in [2.24, 2.45) is 10.7 Å². The van der Waals surface area contributed by atoms with E-state index in [9.17, 15) is 0 Å². The van der Waals surface area contributed by atoms with Crippen molar-refractivity contribution in [1.29, 1.82) is 0 Å². The molecule has 1 aromatic heterocycles. The van der Waals surface area contributed by atoms with Crippen LogP contribution in [0.15, 0.2) is 33.8 Å². The lowest BCUT2D eigenvalue weighted by Crippen LogP contribution is -2.22. The van der Waals surface area contributed by atoms with Gasteiger partial charge in [-0.1, -0.05) is 5.16 Å². The van der Waals surface area contributed by atoms with Crippen LogP contribution in [0.25, 0.3) is 0 Å². The van der Waals surface area contributed by atoms with Gasteiger partial charge in [0, 0.05) is 24.2 Å². The number of nitrogens with one attached hydrogen (secondary N) is 1. The van der Waals surface area contributed by atoms with Crippen molar-refractivity contribution in [2.45, 2.75) is 19.9 Å². The number of aromatic nitrogens is 1. The number of nitrogens with two attached hydrogens (primary N) is 1. The Hall–Kier alpha value is -2.70. The van der Waals surface area contributed by atoms with Gasteiger partial charge in [0.2, 0.25) is 0 Å². The van der Waals surface area contributed by atoms with E-state index in [1.165, 1.54) is 0 Å². The quantitative estimate of drug-likeness (QED) is 0.666. The molecule has 1 aromatic carbocycles. The molecule has 0 bridgehead atoms. The van der Waals surface area contributed by atoms with Crippen LogP contribution in [0.5, 0.6) is 11.5 Å². The van der Waals surface area contributed by atoms with E-state index in [0.717, 1.165) is 23.6 Å². The fraction of sp³-hybridized carbons (Fsp3) is 0.333. The lowest BCUT2D eigenvalue weighted by Gasteiger charge is -2.10. The Morgan fingerprint density at radius 3 is 2.86 bits per heavy atom. The number of guanidine groups is 1. The highest BCUT2D eigenvalue weighted by molar-refractivity contribution is 5.92. The summed E-state index contributed by atoms with van der Waals surface area (Å²) in [5.41, 5.74) is 7.48. The molecule has 0 amide bonds. The summed E-state index contributed by atoms with van der Waals surface area (Å²) in [7, 11) is 0. The van der Waals surface area contributed by atoms with Gasteiger partial charge in [-0.2, -0.15) is 0 Å². The Morgan fingerprint density at radius 2 is 2.09 bits per heavy atom. The van der Waals surface area contributed by atoms with Gasteiger partial charge in [0.1, 0.15) is 6.54 Å². The smallest absolute Gasteiger partial charge is 0.193 e. The molecule has 22 heavy (non-hydrogen) atoms. The second-order valence-corrected chi connectivity index (χ2v) is 4.97. The van der Waals surface area contributed by atoms with Crippen molar-refractivity contribution in [3.05, 3.63) is 35.7 Å². The molecular formula is C15H18N4O3. The normalized spacial score (nSPS) is 14.5. The van der Waals surface area contributed by atoms with Crippen LogP contribution >= 0.6 is 0 Å². The Labute approximate surface area is 128 Å². The van der Waals surface area contributed by atoms with E-state index in [4.69, 9.17) is 19.7 Å². The van der Waals surface area contributed by atoms with Crippen LogP contribution in [0.2, 0.25) is 0 Å². The standard InChI is InChI=1S/C15H18N4O3/c1-10-7-12(22-19-10)9-17-15(16)18-11-3-4-13-14(8-11)21-6-2-5-20-13/h3-4,7-8H,2,5-6,9H2,1H3,(H3,16,17,18). The molecule has 0 fully saturated rings. The molecule has 0 spiro atoms. The second-order valence-electron chi connectivity index (χ2n) is 4.97. The van der Waals surface area contributed by atoms with Gasteiger partial charge in [-0.15, -0.1) is 0 Å². The molecular weight excluding hydrogens is 284 g/mol. The van der Waals surface area contributed by atoms with E-state index < -0.39 is 0 Å². The Morgan fingerprint density at radius 1 is 1.27 bits per heavy atom. The molecule has 3 rings (SSSR count). The first-order chi connectivity index (χ1) is 10.7. The Balaban J connectivity index is 1.65. The number of aliphatic imine (C=N–C) groups is 1. The summed E-state index contributed by atoms with van der Waals surface area (Å²) in [6, 6.07) is 7.40. The third-order valence-electron chi connectivity index (χ3n) is 3.10. The number of anilines is 1. The monoisotopic (exact) mass is 302 g/mol. The van der Waals surface area contributed by atoms with Gasteiger partial charge < -0.3 is 25.0 Å². The minimum absolute atomic E-state index is 0.295. The number of ether oxygens (including phenoxy) is 2. The van der Waals surface area contributed by atoms with Crippen molar-refractivity contribution >= 4 is 11.6 Å². The molecule has 1 aliphatic heterocycles. The van der Waals surface area contributed by atoms with E-state index in [1.54, 1.807) is 0 Å². The molecule has 7 heteroatoms. The van der Waals surface area contributed by atoms with Crippen LogP contribution in [0, 0.1) is 6.92 Å². The zero-order chi connectivity index (χ0) is 15.4. The third-order valence-corrected chi connectivity index (χ3v) is 3.10. The summed E-state index contributed by atoms with van der Waals surface area (Å²) in [5, 5.41) is 6.82. The molecule has 0 radical (unpaired) electrons. The fourth-order valence-corrected chi connectivity index (χ4v) is 2.08. The van der Waals surface area contributed by atoms with Crippen LogP contribution in [0.4, 0.5) is 5.69 Å². The van der Waals surface area contributed by atoms with Crippen molar-refractivity contribution in [3.63, 3.8) is 0 Å². The lowest BCUT2D eigenvalue weighted by molar-refractivity contribution is 0.297. The first kappa shape index (κ1) is 14.2. The minimum atomic E-state index is 0.295. The predicted octanol–water partition coefficient (Wildman–Crippen LogP) is 2.07. The van der Waals surface area contributed by atoms with E-state index in [1.807, 2.05) is 31.2 Å². The Bertz CT molecular complexity index is 681. The summed E-state index contributed by atoms with van der Waals surface area (Å²) in [6.45, 7) is 3.51. The largest absolute Gasteiger partial charge is 0.490 e. The van der Waals surface area contributed by atoms with Gasteiger partial charge in [-0.05, 0) is 19.1 Å². The van der Waals surface area contributed by atoms with Gasteiger partial charge in [0.15, 0.2) is 23.2 Å². The fourth-order valence-electron chi connectivity index (χ4n) is 2.08. The predicted molar refractivity (Wildman–Crippen MR) is 82.2 cm³/mol. The number of benzene rings is 1. The maximum atomic E-state index is 5.87. The zero-order valence-electron chi connectivity index (χ0n) is 12.3. The number of hydrogen-bond donors (Lipinski definition) is 2. The van der Waals surface area contributed by atoms with Crippen molar-refractivity contribution in [3.8, 4) is 11.5 Å². The zero-order valence-corrected chi connectivity index (χ0v) is 12.3. The molecule has 1 aliphatic rings. The minimum Gasteiger partial charge on any atom is -0.490 e. The average Bonchev–Trinajstić information content (AvgIpc) is 2.78. The van der Waals surface area contributed by atoms with Gasteiger partial charge >= 0.3 is 0 Å². The van der Waals surface area contributed by atoms with Crippen molar-refractivity contribution in [2.75, 3.05) is 18.5 Å². The number of fused-ring (bicyclic) bond motifs is 1. The molecule has 2 heterocycles. The van der Waals surface area contributed by atoms with E-state index >= 15 is 0 Å². The lowest BCUT2D eigenvalue weighted by atomic mass is 10.3. The molecule has 2 aromatic rings. The summed E-state index contributed by atoms with van der Waals surface area (Å²) in [5.74, 6) is 2.42. The Kier molecular flexibility index (Phi) is 4.13. The number of hydrogen-bond acceptors (Lipinski definition) is 5. The van der Waals surface area contributed by atoms with Crippen molar-refractivity contribution < 1.29 is 14.0 Å². The molecule has 0 atom stereocenters. The molecule has 0 saturated heterocycles. The van der Waals surface area contributed by atoms with Gasteiger partial charge in [-0.3, -0.25) is 0 Å². The topological polar surface area (TPSA) is 94.9 Å². The maximum Gasteiger partial charge on any atom is 0.193 e. The summed E-state index contributed by atoms with van der Waals surface area (Å²) >= 11 is 0. The number of rotatable bonds is 3. The summed E-state index contributed by atoms with van der Waals surface area (Å²) in [6.07, 6.45) is 0.873. The van der Waals surface area contributed by atoms with E-state index in [-0.39, 0.29) is 0 Å². The molecule has 0 aliphatic carbocycles. The SMILES string of the molecule is Cc1cc(CN=C(N)Nc2ccc3c(c2)OCCCO3)on1. The van der Waals surface area contributed by atoms with Gasteiger partial charge in [0.25, 0.3) is 0 Å². The first-order valence-corrected chi connectivity index (χ1v) is 7.09. The molecule has 116 valence electrons. The van der Waals surface area contributed by atoms with Crippen molar-refractivity contribution in [1.82, 2.24) is 5.16 Å². The van der Waals surface area contributed by atoms with Gasteiger partial charge in [0.05, 0.1) is 18.9 Å². The third kappa shape index (κ3) is 3.49. The van der Waals surface area contributed by atoms with Crippen LogP contribution in [-0.2, 0) is 6.54 Å². The highest BCUT2D eigenvalue weighted by Gasteiger charge is 2.10. The van der Waals surface area contributed by atoms with E-state index in [2.05, 4.69) is 15.5 Å². The second kappa shape index (κ2) is 6.38. The van der Waals surface area contributed by atoms with Crippen LogP contribution in [0.1, 0.15) is 17.9 Å². The highest BCUT2D eigenvalue weighted by atomic mass is 16.5. The average molecular weight is 302 g/mol. The number of nitrogens with zero attached hydrogens (tertiary/aromatic N) is 2. The molecule has 7 nitrogen and oxygen atoms in total. The van der Waals surface area contributed by atoms with E-state index in [0.29, 0.717) is 37.2 Å². The maximum absolute atomic E-state index is 5.87. The van der Waals surface area contributed by atoms with Crippen LogP contribution < -0.4 is 20.5 Å². The summed E-state index contributed by atoms with van der Waals surface area (Å²) in [4.78, 5) is 4.21. The molecule has 0 unspecified atom stereocenters. The molecule has 3 N–H and O–H groups in total.